The molecule has 6 heteroatoms. The zero-order chi connectivity index (χ0) is 14.7. The van der Waals surface area contributed by atoms with E-state index in [9.17, 15) is 4.79 Å². The van der Waals surface area contributed by atoms with Gasteiger partial charge < -0.3 is 15.8 Å². The van der Waals surface area contributed by atoms with E-state index in [0.29, 0.717) is 36.5 Å². The van der Waals surface area contributed by atoms with E-state index in [1.54, 1.807) is 17.0 Å². The zero-order valence-corrected chi connectivity index (χ0v) is 12.1. The van der Waals surface area contributed by atoms with E-state index in [2.05, 4.69) is 5.16 Å². The van der Waals surface area contributed by atoms with Crippen LogP contribution in [0.4, 0.5) is 0 Å². The second-order valence-electron chi connectivity index (χ2n) is 5.07. The van der Waals surface area contributed by atoms with Crippen LogP contribution < -0.4 is 5.73 Å². The Kier molecular flexibility index (Phi) is 4.49. The number of carbonyl (C=O) groups excluding carboxylic acids is 1. The molecule has 2 rings (SSSR count). The molecule has 1 aromatic carbocycles. The second kappa shape index (κ2) is 6.13. The van der Waals surface area contributed by atoms with Crippen LogP contribution in [0.3, 0.4) is 0 Å². The second-order valence-corrected chi connectivity index (χ2v) is 5.48. The van der Waals surface area contributed by atoms with Crippen molar-refractivity contribution in [3.05, 3.63) is 34.3 Å². The van der Waals surface area contributed by atoms with Crippen molar-refractivity contribution in [1.82, 2.24) is 4.90 Å². The highest BCUT2D eigenvalue weighted by Gasteiger charge is 2.26. The number of oxime groups is 1. The third kappa shape index (κ3) is 3.04. The highest BCUT2D eigenvalue weighted by atomic mass is 35.5. The summed E-state index contributed by atoms with van der Waals surface area (Å²) in [5.41, 5.74) is 7.15. The molecule has 0 bridgehead atoms. The summed E-state index contributed by atoms with van der Waals surface area (Å²) in [5, 5.41) is 12.2. The average Bonchev–Trinajstić information content (AvgIpc) is 2.46. The molecular weight excluding hydrogens is 278 g/mol. The fourth-order valence-corrected chi connectivity index (χ4v) is 2.74. The van der Waals surface area contributed by atoms with Gasteiger partial charge in [0, 0.05) is 19.0 Å². The fraction of sp³-hybridized carbons (Fsp3) is 0.429. The lowest BCUT2D eigenvalue weighted by molar-refractivity contribution is 0.0709. The minimum Gasteiger partial charge on any atom is -0.409 e. The van der Waals surface area contributed by atoms with E-state index in [1.165, 1.54) is 0 Å². The normalized spacial score (nSPS) is 17.3. The predicted molar refractivity (Wildman–Crippen MR) is 78.2 cm³/mol. The van der Waals surface area contributed by atoms with Crippen LogP contribution in [0, 0.1) is 12.8 Å². The molecule has 20 heavy (non-hydrogen) atoms. The molecule has 1 aliphatic rings. The summed E-state index contributed by atoms with van der Waals surface area (Å²) in [7, 11) is 0. The van der Waals surface area contributed by atoms with Crippen molar-refractivity contribution in [3.8, 4) is 0 Å². The van der Waals surface area contributed by atoms with Crippen LogP contribution in [0.25, 0.3) is 0 Å². The minimum absolute atomic E-state index is 0.0394. The van der Waals surface area contributed by atoms with Gasteiger partial charge in [-0.05, 0) is 37.5 Å². The maximum Gasteiger partial charge on any atom is 0.255 e. The smallest absolute Gasteiger partial charge is 0.255 e. The first-order chi connectivity index (χ1) is 9.52. The zero-order valence-electron chi connectivity index (χ0n) is 11.3. The Hall–Kier alpha value is -1.75. The number of nitrogens with zero attached hydrogens (tertiary/aromatic N) is 2. The molecule has 1 fully saturated rings. The summed E-state index contributed by atoms with van der Waals surface area (Å²) in [6.45, 7) is 3.11. The summed E-state index contributed by atoms with van der Waals surface area (Å²) >= 11 is 6.13. The molecule has 0 spiro atoms. The number of benzene rings is 1. The van der Waals surface area contributed by atoms with Crippen molar-refractivity contribution in [2.45, 2.75) is 19.8 Å². The Balaban J connectivity index is 2.05. The first kappa shape index (κ1) is 14.7. The monoisotopic (exact) mass is 295 g/mol. The molecule has 0 aromatic heterocycles. The molecule has 0 saturated carbocycles. The number of rotatable bonds is 2. The number of carbonyl (C=O) groups is 1. The van der Waals surface area contributed by atoms with Gasteiger partial charge in [0.05, 0.1) is 10.6 Å². The Morgan fingerprint density at radius 3 is 2.65 bits per heavy atom. The van der Waals surface area contributed by atoms with Crippen LogP contribution in [-0.2, 0) is 0 Å². The molecule has 0 unspecified atom stereocenters. The largest absolute Gasteiger partial charge is 0.409 e. The maximum atomic E-state index is 12.4. The molecule has 5 nitrogen and oxygen atoms in total. The first-order valence-corrected chi connectivity index (χ1v) is 6.93. The van der Waals surface area contributed by atoms with Crippen LogP contribution >= 0.6 is 11.6 Å². The number of piperidine rings is 1. The van der Waals surface area contributed by atoms with Crippen molar-refractivity contribution in [1.29, 1.82) is 0 Å². The average molecular weight is 296 g/mol. The highest BCUT2D eigenvalue weighted by molar-refractivity contribution is 6.33. The van der Waals surface area contributed by atoms with E-state index in [0.717, 1.165) is 5.56 Å². The molecule has 1 aliphatic heterocycles. The van der Waals surface area contributed by atoms with Gasteiger partial charge in [-0.2, -0.15) is 0 Å². The van der Waals surface area contributed by atoms with Gasteiger partial charge in [0.1, 0.15) is 5.84 Å². The maximum absolute atomic E-state index is 12.4. The van der Waals surface area contributed by atoms with Gasteiger partial charge in [0.25, 0.3) is 5.91 Å². The van der Waals surface area contributed by atoms with Crippen LogP contribution in [-0.4, -0.2) is 34.9 Å². The van der Waals surface area contributed by atoms with E-state index >= 15 is 0 Å². The van der Waals surface area contributed by atoms with E-state index < -0.39 is 0 Å². The van der Waals surface area contributed by atoms with E-state index in [1.807, 2.05) is 13.0 Å². The Labute approximate surface area is 123 Å². The third-order valence-electron chi connectivity index (χ3n) is 3.67. The van der Waals surface area contributed by atoms with Gasteiger partial charge in [0.2, 0.25) is 0 Å². The molecule has 0 radical (unpaired) electrons. The van der Waals surface area contributed by atoms with Crippen LogP contribution in [0.2, 0.25) is 5.02 Å². The van der Waals surface area contributed by atoms with Crippen molar-refractivity contribution < 1.29 is 10.0 Å². The quantitative estimate of drug-likeness (QED) is 0.380. The third-order valence-corrected chi connectivity index (χ3v) is 3.98. The van der Waals surface area contributed by atoms with Gasteiger partial charge in [-0.15, -0.1) is 0 Å². The molecular formula is C14H18ClN3O2. The lowest BCUT2D eigenvalue weighted by Gasteiger charge is -2.31. The van der Waals surface area contributed by atoms with Crippen molar-refractivity contribution in [2.24, 2.45) is 16.8 Å². The van der Waals surface area contributed by atoms with Gasteiger partial charge in [0.15, 0.2) is 0 Å². The molecule has 1 aromatic rings. The lowest BCUT2D eigenvalue weighted by atomic mass is 9.95. The molecule has 1 heterocycles. The Bertz CT molecular complexity index is 537. The van der Waals surface area contributed by atoms with E-state index in [4.69, 9.17) is 22.5 Å². The van der Waals surface area contributed by atoms with Gasteiger partial charge in [-0.25, -0.2) is 0 Å². The topological polar surface area (TPSA) is 78.9 Å². The highest BCUT2D eigenvalue weighted by Crippen LogP contribution is 2.23. The summed E-state index contributed by atoms with van der Waals surface area (Å²) in [6, 6.07) is 5.43. The summed E-state index contributed by atoms with van der Waals surface area (Å²) in [5.74, 6) is 0.218. The predicted octanol–water partition coefficient (Wildman–Crippen LogP) is 2.25. The number of amidine groups is 1. The number of amides is 1. The van der Waals surface area contributed by atoms with Crippen LogP contribution in [0.15, 0.2) is 23.4 Å². The number of halogens is 1. The number of hydrogen-bond acceptors (Lipinski definition) is 3. The van der Waals surface area contributed by atoms with Gasteiger partial charge >= 0.3 is 0 Å². The molecule has 0 atom stereocenters. The SMILES string of the molecule is Cc1ccc(C(=O)N2CCC(/C(N)=N/O)CC2)c(Cl)c1. The van der Waals surface area contributed by atoms with Crippen molar-refractivity contribution >= 4 is 23.3 Å². The summed E-state index contributed by atoms with van der Waals surface area (Å²) in [6.07, 6.45) is 1.40. The fourth-order valence-electron chi connectivity index (χ4n) is 2.42. The molecule has 3 N–H and O–H groups in total. The number of aryl methyl sites for hydroxylation is 1. The van der Waals surface area contributed by atoms with Gasteiger partial charge in [-0.3, -0.25) is 4.79 Å². The summed E-state index contributed by atoms with van der Waals surface area (Å²) in [4.78, 5) is 14.2. The minimum atomic E-state index is -0.0621. The molecule has 0 aliphatic carbocycles. The number of hydrogen-bond donors (Lipinski definition) is 2. The van der Waals surface area contributed by atoms with Crippen molar-refractivity contribution in [3.63, 3.8) is 0 Å². The van der Waals surface area contributed by atoms with E-state index in [-0.39, 0.29) is 17.7 Å². The van der Waals surface area contributed by atoms with Crippen LogP contribution in [0.5, 0.6) is 0 Å². The van der Waals surface area contributed by atoms with Crippen LogP contribution in [0.1, 0.15) is 28.8 Å². The number of nitrogens with two attached hydrogens (primary N) is 1. The molecule has 1 saturated heterocycles. The van der Waals surface area contributed by atoms with Gasteiger partial charge in [-0.1, -0.05) is 22.8 Å². The first-order valence-electron chi connectivity index (χ1n) is 6.55. The standard InChI is InChI=1S/C14H18ClN3O2/c1-9-2-3-11(12(15)8-9)14(19)18-6-4-10(5-7-18)13(16)17-20/h2-3,8,10,20H,4-7H2,1H3,(H2,16,17). The lowest BCUT2D eigenvalue weighted by Crippen LogP contribution is -2.41. The molecule has 108 valence electrons. The molecule has 1 amide bonds. The Morgan fingerprint density at radius 2 is 2.10 bits per heavy atom. The van der Waals surface area contributed by atoms with Crippen molar-refractivity contribution in [2.75, 3.05) is 13.1 Å². The summed E-state index contributed by atoms with van der Waals surface area (Å²) < 4.78 is 0. The number of likely N-dealkylation sites (tertiary alicyclic amines) is 1. The Morgan fingerprint density at radius 1 is 1.45 bits per heavy atom.